The minimum atomic E-state index is 0.549. The van der Waals surface area contributed by atoms with Crippen LogP contribution in [0.2, 0.25) is 5.02 Å². The third-order valence-corrected chi connectivity index (χ3v) is 4.49. The molecule has 1 N–H and O–H groups in total. The van der Waals surface area contributed by atoms with Gasteiger partial charge in [-0.3, -0.25) is 4.68 Å². The molecule has 0 amide bonds. The standard InChI is InChI=1S/C14H24ClN3/c1-4-16-8-11-6-5-10(2)7-12(11)14-13(15)9-17-18(14)3/h9-12,16H,4-8H2,1-3H3. The number of hydrogen-bond donors (Lipinski definition) is 1. The topological polar surface area (TPSA) is 29.9 Å². The molecule has 18 heavy (non-hydrogen) atoms. The maximum absolute atomic E-state index is 6.32. The van der Waals surface area contributed by atoms with E-state index in [2.05, 4.69) is 24.3 Å². The van der Waals surface area contributed by atoms with Gasteiger partial charge in [0.2, 0.25) is 0 Å². The van der Waals surface area contributed by atoms with E-state index < -0.39 is 0 Å². The molecule has 3 nitrogen and oxygen atoms in total. The average molecular weight is 270 g/mol. The van der Waals surface area contributed by atoms with Gasteiger partial charge in [0, 0.05) is 13.0 Å². The fraction of sp³-hybridized carbons (Fsp3) is 0.786. The van der Waals surface area contributed by atoms with Crippen molar-refractivity contribution < 1.29 is 0 Å². The molecule has 0 aliphatic heterocycles. The molecule has 0 saturated heterocycles. The molecule has 0 spiro atoms. The smallest absolute Gasteiger partial charge is 0.0820 e. The van der Waals surface area contributed by atoms with E-state index in [1.165, 1.54) is 25.0 Å². The van der Waals surface area contributed by atoms with E-state index in [-0.39, 0.29) is 0 Å². The molecule has 0 aromatic carbocycles. The van der Waals surface area contributed by atoms with Crippen LogP contribution in [-0.2, 0) is 7.05 Å². The molecule has 1 heterocycles. The first-order valence-corrected chi connectivity index (χ1v) is 7.39. The average Bonchev–Trinajstić information content (AvgIpc) is 2.67. The molecule has 1 saturated carbocycles. The lowest BCUT2D eigenvalue weighted by Gasteiger charge is -2.35. The second-order valence-electron chi connectivity index (χ2n) is 5.59. The Morgan fingerprint density at radius 1 is 1.50 bits per heavy atom. The molecule has 3 atom stereocenters. The lowest BCUT2D eigenvalue weighted by molar-refractivity contribution is 0.235. The van der Waals surface area contributed by atoms with Gasteiger partial charge >= 0.3 is 0 Å². The van der Waals surface area contributed by atoms with Crippen molar-refractivity contribution in [2.24, 2.45) is 18.9 Å². The Morgan fingerprint density at radius 2 is 2.28 bits per heavy atom. The molecule has 1 aromatic heterocycles. The highest BCUT2D eigenvalue weighted by Crippen LogP contribution is 2.42. The lowest BCUT2D eigenvalue weighted by atomic mass is 9.73. The van der Waals surface area contributed by atoms with Crippen LogP contribution >= 0.6 is 11.6 Å². The number of rotatable bonds is 4. The number of nitrogens with one attached hydrogen (secondary N) is 1. The summed E-state index contributed by atoms with van der Waals surface area (Å²) in [6.45, 7) is 6.64. The van der Waals surface area contributed by atoms with Crippen molar-refractivity contribution in [2.75, 3.05) is 13.1 Å². The van der Waals surface area contributed by atoms with Gasteiger partial charge in [0.05, 0.1) is 16.9 Å². The number of hydrogen-bond acceptors (Lipinski definition) is 2. The van der Waals surface area contributed by atoms with E-state index in [1.807, 2.05) is 11.7 Å². The van der Waals surface area contributed by atoms with E-state index in [4.69, 9.17) is 11.6 Å². The van der Waals surface area contributed by atoms with Gasteiger partial charge < -0.3 is 5.32 Å². The summed E-state index contributed by atoms with van der Waals surface area (Å²) in [5.74, 6) is 2.03. The summed E-state index contributed by atoms with van der Waals surface area (Å²) in [6, 6.07) is 0. The molecule has 0 radical (unpaired) electrons. The van der Waals surface area contributed by atoms with Crippen LogP contribution in [0.25, 0.3) is 0 Å². The van der Waals surface area contributed by atoms with E-state index in [0.29, 0.717) is 11.8 Å². The molecule has 1 aliphatic carbocycles. The monoisotopic (exact) mass is 269 g/mol. The fourth-order valence-electron chi connectivity index (χ4n) is 3.19. The van der Waals surface area contributed by atoms with Gasteiger partial charge in [-0.1, -0.05) is 31.9 Å². The molecule has 1 aliphatic rings. The normalized spacial score (nSPS) is 28.6. The summed E-state index contributed by atoms with van der Waals surface area (Å²) >= 11 is 6.32. The molecule has 1 aromatic rings. The maximum atomic E-state index is 6.32. The highest BCUT2D eigenvalue weighted by Gasteiger charge is 2.32. The minimum Gasteiger partial charge on any atom is -0.317 e. The number of aryl methyl sites for hydroxylation is 1. The Labute approximate surface area is 115 Å². The van der Waals surface area contributed by atoms with E-state index in [0.717, 1.165) is 24.0 Å². The molecule has 2 rings (SSSR count). The van der Waals surface area contributed by atoms with Crippen molar-refractivity contribution in [1.82, 2.24) is 15.1 Å². The van der Waals surface area contributed by atoms with Crippen molar-refractivity contribution in [1.29, 1.82) is 0 Å². The van der Waals surface area contributed by atoms with Gasteiger partial charge in [0.15, 0.2) is 0 Å². The summed E-state index contributed by atoms with van der Waals surface area (Å²) in [5.41, 5.74) is 1.23. The Kier molecular flexibility index (Phi) is 4.68. The Balaban J connectivity index is 2.19. The minimum absolute atomic E-state index is 0.549. The van der Waals surface area contributed by atoms with Crippen molar-refractivity contribution in [3.05, 3.63) is 16.9 Å². The van der Waals surface area contributed by atoms with Crippen molar-refractivity contribution >= 4 is 11.6 Å². The Bertz CT molecular complexity index is 367. The van der Waals surface area contributed by atoms with Crippen LogP contribution in [0, 0.1) is 11.8 Å². The van der Waals surface area contributed by atoms with E-state index in [9.17, 15) is 0 Å². The first kappa shape index (κ1) is 13.9. The van der Waals surface area contributed by atoms with Gasteiger partial charge in [-0.2, -0.15) is 5.10 Å². The molecule has 1 fully saturated rings. The first-order valence-electron chi connectivity index (χ1n) is 7.01. The summed E-state index contributed by atoms with van der Waals surface area (Å²) in [4.78, 5) is 0. The van der Waals surface area contributed by atoms with Crippen LogP contribution in [0.15, 0.2) is 6.20 Å². The number of halogens is 1. The second kappa shape index (κ2) is 6.07. The summed E-state index contributed by atoms with van der Waals surface area (Å²) in [5, 5.41) is 8.62. The highest BCUT2D eigenvalue weighted by atomic mass is 35.5. The summed E-state index contributed by atoms with van der Waals surface area (Å²) in [7, 11) is 2.00. The zero-order valence-electron chi connectivity index (χ0n) is 11.6. The van der Waals surface area contributed by atoms with Crippen LogP contribution in [0.1, 0.15) is 44.7 Å². The SMILES string of the molecule is CCNCC1CCC(C)CC1c1c(Cl)cnn1C. The molecule has 102 valence electrons. The summed E-state index contributed by atoms with van der Waals surface area (Å²) < 4.78 is 1.96. The Hall–Kier alpha value is -0.540. The van der Waals surface area contributed by atoms with Crippen LogP contribution in [0.3, 0.4) is 0 Å². The molecule has 3 unspecified atom stereocenters. The fourth-order valence-corrected chi connectivity index (χ4v) is 3.50. The zero-order valence-corrected chi connectivity index (χ0v) is 12.4. The van der Waals surface area contributed by atoms with E-state index >= 15 is 0 Å². The summed E-state index contributed by atoms with van der Waals surface area (Å²) in [6.07, 6.45) is 5.64. The van der Waals surface area contributed by atoms with Gasteiger partial charge in [-0.05, 0) is 37.8 Å². The van der Waals surface area contributed by atoms with Gasteiger partial charge in [-0.15, -0.1) is 0 Å². The van der Waals surface area contributed by atoms with Gasteiger partial charge in [-0.25, -0.2) is 0 Å². The zero-order chi connectivity index (χ0) is 13.1. The predicted molar refractivity (Wildman–Crippen MR) is 76.0 cm³/mol. The van der Waals surface area contributed by atoms with Crippen LogP contribution in [-0.4, -0.2) is 22.9 Å². The molecule has 4 heteroatoms. The van der Waals surface area contributed by atoms with Crippen LogP contribution in [0.4, 0.5) is 0 Å². The third kappa shape index (κ3) is 2.89. The lowest BCUT2D eigenvalue weighted by Crippen LogP contribution is -2.32. The third-order valence-electron chi connectivity index (χ3n) is 4.20. The predicted octanol–water partition coefficient (Wildman–Crippen LogP) is 3.20. The maximum Gasteiger partial charge on any atom is 0.0820 e. The Morgan fingerprint density at radius 3 is 2.89 bits per heavy atom. The number of nitrogens with zero attached hydrogens (tertiary/aromatic N) is 2. The van der Waals surface area contributed by atoms with E-state index in [1.54, 1.807) is 6.20 Å². The first-order chi connectivity index (χ1) is 8.63. The van der Waals surface area contributed by atoms with Gasteiger partial charge in [0.25, 0.3) is 0 Å². The molecular weight excluding hydrogens is 246 g/mol. The van der Waals surface area contributed by atoms with Crippen LogP contribution < -0.4 is 5.32 Å². The number of aromatic nitrogens is 2. The van der Waals surface area contributed by atoms with Crippen LogP contribution in [0.5, 0.6) is 0 Å². The van der Waals surface area contributed by atoms with Gasteiger partial charge in [0.1, 0.15) is 0 Å². The second-order valence-corrected chi connectivity index (χ2v) is 6.00. The van der Waals surface area contributed by atoms with Crippen molar-refractivity contribution in [3.63, 3.8) is 0 Å². The molecular formula is C14H24ClN3. The molecule has 0 bridgehead atoms. The van der Waals surface area contributed by atoms with Crippen molar-refractivity contribution in [2.45, 2.75) is 39.0 Å². The largest absolute Gasteiger partial charge is 0.317 e. The highest BCUT2D eigenvalue weighted by molar-refractivity contribution is 6.31. The van der Waals surface area contributed by atoms with Crippen molar-refractivity contribution in [3.8, 4) is 0 Å². The quantitative estimate of drug-likeness (QED) is 0.910.